The summed E-state index contributed by atoms with van der Waals surface area (Å²) < 4.78 is 44.0. The number of nitrogens with zero attached hydrogens (tertiary/aromatic N) is 3. The van der Waals surface area contributed by atoms with Crippen LogP contribution in [0.2, 0.25) is 0 Å². The minimum atomic E-state index is -0.939. The second-order valence-corrected chi connectivity index (χ2v) is 13.5. The molecule has 0 bridgehead atoms. The summed E-state index contributed by atoms with van der Waals surface area (Å²) in [6.45, 7) is 10.6. The molecule has 1 fully saturated rings. The fourth-order valence-corrected chi connectivity index (χ4v) is 7.14. The van der Waals surface area contributed by atoms with Gasteiger partial charge in [-0.3, -0.25) is 14.5 Å². The molecule has 11 nitrogen and oxygen atoms in total. The molecule has 2 aromatic rings. The lowest BCUT2D eigenvalue weighted by Crippen LogP contribution is -2.57. The minimum absolute atomic E-state index is 0.0674. The van der Waals surface area contributed by atoms with E-state index in [1.807, 2.05) is 38.7 Å². The first kappa shape index (κ1) is 34.7. The molecule has 49 heavy (non-hydrogen) atoms. The molecule has 1 saturated heterocycles. The molecule has 0 aliphatic carbocycles. The number of halogens is 1. The smallest absolute Gasteiger partial charge is 0.414 e. The van der Waals surface area contributed by atoms with Crippen molar-refractivity contribution < 1.29 is 42.5 Å². The number of anilines is 1. The van der Waals surface area contributed by atoms with Crippen LogP contribution in [0.3, 0.4) is 0 Å². The summed E-state index contributed by atoms with van der Waals surface area (Å²) in [5, 5.41) is 0. The van der Waals surface area contributed by atoms with Gasteiger partial charge in [0.1, 0.15) is 30.7 Å². The van der Waals surface area contributed by atoms with Crippen LogP contribution in [0.4, 0.5) is 14.9 Å². The van der Waals surface area contributed by atoms with Gasteiger partial charge in [0.15, 0.2) is 17.3 Å². The van der Waals surface area contributed by atoms with Crippen LogP contribution in [0.25, 0.3) is 0 Å². The third-order valence-corrected chi connectivity index (χ3v) is 9.81. The summed E-state index contributed by atoms with van der Waals surface area (Å²) in [6, 6.07) is 7.64. The van der Waals surface area contributed by atoms with Gasteiger partial charge < -0.3 is 33.5 Å². The van der Waals surface area contributed by atoms with Crippen LogP contribution >= 0.6 is 0 Å². The maximum Gasteiger partial charge on any atom is 0.414 e. The predicted molar refractivity (Wildman–Crippen MR) is 179 cm³/mol. The Kier molecular flexibility index (Phi) is 10.2. The van der Waals surface area contributed by atoms with Crippen molar-refractivity contribution >= 4 is 23.6 Å². The molecule has 264 valence electrons. The van der Waals surface area contributed by atoms with Crippen LogP contribution in [-0.4, -0.2) is 84.7 Å². The van der Waals surface area contributed by atoms with E-state index in [1.165, 1.54) is 24.3 Å². The highest BCUT2D eigenvalue weighted by molar-refractivity contribution is 5.98. The SMILES string of the molecule is CCCCN1CC[C@H]2[C@@H]3OC(C)(C)O[C@H]3c3cc4c(cc3N2C(=O)OC/C=C/CN(C(=O)c2ccc(F)cc2)[C@@H](C(C)CC)C1=O)OCO4. The van der Waals surface area contributed by atoms with Crippen LogP contribution in [0.1, 0.15) is 82.3 Å². The molecule has 6 rings (SSSR count). The Labute approximate surface area is 286 Å². The van der Waals surface area contributed by atoms with Gasteiger partial charge in [0.05, 0.1) is 11.7 Å². The Morgan fingerprint density at radius 3 is 2.47 bits per heavy atom. The van der Waals surface area contributed by atoms with Crippen molar-refractivity contribution in [3.05, 3.63) is 65.5 Å². The zero-order valence-electron chi connectivity index (χ0n) is 28.9. The number of ether oxygens (including phenoxy) is 5. The second kappa shape index (κ2) is 14.4. The molecule has 4 heterocycles. The summed E-state index contributed by atoms with van der Waals surface area (Å²) in [7, 11) is 0. The first-order valence-corrected chi connectivity index (χ1v) is 17.3. The fourth-order valence-electron chi connectivity index (χ4n) is 7.14. The number of fused-ring (bicyclic) bond motifs is 7. The molecule has 12 heteroatoms. The molecule has 0 spiro atoms. The molecule has 3 amide bonds. The van der Waals surface area contributed by atoms with Crippen LogP contribution < -0.4 is 14.4 Å². The van der Waals surface area contributed by atoms with Gasteiger partial charge in [-0.1, -0.05) is 39.7 Å². The maximum atomic E-state index is 14.8. The topological polar surface area (TPSA) is 107 Å². The van der Waals surface area contributed by atoms with Gasteiger partial charge in [0.25, 0.3) is 5.91 Å². The van der Waals surface area contributed by atoms with Crippen molar-refractivity contribution in [3.8, 4) is 11.5 Å². The summed E-state index contributed by atoms with van der Waals surface area (Å²) >= 11 is 0. The molecular formula is C37H46FN3O8. The van der Waals surface area contributed by atoms with Gasteiger partial charge in [0.2, 0.25) is 12.7 Å². The van der Waals surface area contributed by atoms with Gasteiger partial charge in [-0.2, -0.15) is 0 Å². The first-order valence-electron chi connectivity index (χ1n) is 17.3. The Morgan fingerprint density at radius 2 is 1.76 bits per heavy atom. The first-order chi connectivity index (χ1) is 23.5. The molecule has 1 unspecified atom stereocenters. The molecule has 0 saturated carbocycles. The summed E-state index contributed by atoms with van der Waals surface area (Å²) in [5.41, 5.74) is 1.60. The predicted octanol–water partition coefficient (Wildman–Crippen LogP) is 6.22. The average Bonchev–Trinajstić information content (AvgIpc) is 3.68. The Hall–Kier alpha value is -4.16. The number of hydrogen-bond donors (Lipinski definition) is 0. The highest BCUT2D eigenvalue weighted by Gasteiger charge is 2.54. The molecule has 0 radical (unpaired) electrons. The van der Waals surface area contributed by atoms with Crippen molar-refractivity contribution in [3.63, 3.8) is 0 Å². The third-order valence-electron chi connectivity index (χ3n) is 9.81. The van der Waals surface area contributed by atoms with E-state index in [0.29, 0.717) is 43.1 Å². The van der Waals surface area contributed by atoms with Crippen molar-refractivity contribution in [2.24, 2.45) is 5.92 Å². The minimum Gasteiger partial charge on any atom is -0.454 e. The monoisotopic (exact) mass is 679 g/mol. The quantitative estimate of drug-likeness (QED) is 0.332. The van der Waals surface area contributed by atoms with Crippen molar-refractivity contribution in [2.45, 2.75) is 90.4 Å². The van der Waals surface area contributed by atoms with Crippen molar-refractivity contribution in [1.29, 1.82) is 0 Å². The van der Waals surface area contributed by atoms with Crippen molar-refractivity contribution in [1.82, 2.24) is 9.80 Å². The Bertz CT molecular complexity index is 1580. The van der Waals surface area contributed by atoms with Crippen LogP contribution in [0.5, 0.6) is 11.5 Å². The van der Waals surface area contributed by atoms with Crippen LogP contribution in [-0.2, 0) is 19.0 Å². The molecule has 4 aliphatic heterocycles. The molecule has 4 aliphatic rings. The lowest BCUT2D eigenvalue weighted by atomic mass is 9.88. The van der Waals surface area contributed by atoms with E-state index < -0.39 is 42.0 Å². The zero-order chi connectivity index (χ0) is 34.9. The fraction of sp³-hybridized carbons (Fsp3) is 0.541. The van der Waals surface area contributed by atoms with E-state index in [1.54, 1.807) is 28.0 Å². The van der Waals surface area contributed by atoms with Gasteiger partial charge in [-0.25, -0.2) is 9.18 Å². The molecular weight excluding hydrogens is 633 g/mol. The number of cyclic esters (lactones) is 1. The number of amides is 3. The van der Waals surface area contributed by atoms with E-state index >= 15 is 0 Å². The summed E-state index contributed by atoms with van der Waals surface area (Å²) in [4.78, 5) is 47.8. The van der Waals surface area contributed by atoms with E-state index in [4.69, 9.17) is 23.7 Å². The van der Waals surface area contributed by atoms with Gasteiger partial charge in [-0.15, -0.1) is 0 Å². The lowest BCUT2D eigenvalue weighted by Gasteiger charge is -2.43. The standard InChI is InChI=1S/C37H46FN3O8/c1-6-8-16-39-18-15-27-33-32(48-37(4,5)49-33)26-20-29-30(47-22-46-29)21-28(26)41(27)36(44)45-19-10-9-17-40(31(35(39)43)23(3)7-2)34(42)24-11-13-25(38)14-12-24/h9-14,20-21,23,27,31-33H,6-8,15-19,22H2,1-5H3/b10-9+/t23?,27-,31-,32-,33-/m0/s1. The van der Waals surface area contributed by atoms with Crippen LogP contribution in [0, 0.1) is 11.7 Å². The van der Waals surface area contributed by atoms with Gasteiger partial charge in [0, 0.05) is 36.8 Å². The molecule has 0 aromatic heterocycles. The number of benzene rings is 2. The summed E-state index contributed by atoms with van der Waals surface area (Å²) in [6.07, 6.45) is 4.36. The van der Waals surface area contributed by atoms with Gasteiger partial charge in [-0.05, 0) is 69.0 Å². The summed E-state index contributed by atoms with van der Waals surface area (Å²) in [5.74, 6) is -1.04. The van der Waals surface area contributed by atoms with Crippen LogP contribution in [0.15, 0.2) is 48.6 Å². The largest absolute Gasteiger partial charge is 0.454 e. The number of carbonyl (C=O) groups is 3. The molecule has 0 N–H and O–H groups in total. The highest BCUT2D eigenvalue weighted by atomic mass is 19.1. The number of unbranched alkanes of at least 4 members (excludes halogenated alkanes) is 1. The van der Waals surface area contributed by atoms with Crippen molar-refractivity contribution in [2.75, 3.05) is 37.9 Å². The Balaban J connectivity index is 1.41. The van der Waals surface area contributed by atoms with Gasteiger partial charge >= 0.3 is 6.09 Å². The number of carbonyl (C=O) groups excluding carboxylic acids is 3. The van der Waals surface area contributed by atoms with E-state index in [9.17, 15) is 18.8 Å². The van der Waals surface area contributed by atoms with E-state index in [0.717, 1.165) is 18.4 Å². The highest BCUT2D eigenvalue weighted by Crippen LogP contribution is 2.52. The average molecular weight is 680 g/mol. The third kappa shape index (κ3) is 6.98. The van der Waals surface area contributed by atoms with E-state index in [-0.39, 0.29) is 43.2 Å². The second-order valence-electron chi connectivity index (χ2n) is 13.5. The Morgan fingerprint density at radius 1 is 1.02 bits per heavy atom. The molecule has 5 atom stereocenters. The number of hydrogen-bond acceptors (Lipinski definition) is 8. The molecule has 2 aromatic carbocycles. The zero-order valence-corrected chi connectivity index (χ0v) is 28.9. The maximum absolute atomic E-state index is 14.8. The number of rotatable bonds is 6. The lowest BCUT2D eigenvalue weighted by molar-refractivity contribution is -0.148. The normalized spacial score (nSPS) is 26.3. The van der Waals surface area contributed by atoms with E-state index in [2.05, 4.69) is 6.92 Å².